The first-order chi connectivity index (χ1) is 17.5. The van der Waals surface area contributed by atoms with Crippen LogP contribution in [0.4, 0.5) is 11.4 Å². The topological polar surface area (TPSA) is 43.6 Å². The van der Waals surface area contributed by atoms with Gasteiger partial charge in [0, 0.05) is 52.0 Å². The quantitative estimate of drug-likeness (QED) is 0.233. The third kappa shape index (κ3) is 3.06. The van der Waals surface area contributed by atoms with Gasteiger partial charge in [0.05, 0.1) is 0 Å². The van der Waals surface area contributed by atoms with Gasteiger partial charge in [-0.15, -0.1) is 0 Å². The van der Waals surface area contributed by atoms with E-state index >= 15 is 0 Å². The van der Waals surface area contributed by atoms with Crippen molar-refractivity contribution in [1.82, 2.24) is 9.97 Å². The number of anilines is 2. The summed E-state index contributed by atoms with van der Waals surface area (Å²) < 4.78 is 0. The van der Waals surface area contributed by atoms with Crippen LogP contribution in [0.25, 0.3) is 44.1 Å². The van der Waals surface area contributed by atoms with Gasteiger partial charge in [0.1, 0.15) is 0 Å². The molecule has 3 heterocycles. The lowest BCUT2D eigenvalue weighted by molar-refractivity contribution is 1.13. The number of aryl methyl sites for hydroxylation is 2. The van der Waals surface area contributed by atoms with Crippen molar-refractivity contribution in [3.63, 3.8) is 0 Å². The lowest BCUT2D eigenvalue weighted by Gasteiger charge is -2.27. The molecule has 0 atom stereocenters. The number of aromatic amines is 2. The predicted octanol–water partition coefficient (Wildman–Crippen LogP) is 8.86. The van der Waals surface area contributed by atoms with Gasteiger partial charge < -0.3 is 15.3 Å². The van der Waals surface area contributed by atoms with Gasteiger partial charge in [-0.05, 0) is 108 Å². The normalized spacial score (nSPS) is 12.6. The van der Waals surface area contributed by atoms with Crippen LogP contribution in [0.5, 0.6) is 0 Å². The van der Waals surface area contributed by atoms with Gasteiger partial charge in [-0.25, -0.2) is 0 Å². The number of hydrogen-bond donors (Lipinski definition) is 3. The number of hydrogen-bond acceptors (Lipinski definition) is 1. The smallest absolute Gasteiger partial charge is 0.0457 e. The molecule has 0 amide bonds. The minimum absolute atomic E-state index is 0.950. The minimum Gasteiger partial charge on any atom is -0.361 e. The highest BCUT2D eigenvalue weighted by atomic mass is 14.9. The van der Waals surface area contributed by atoms with Crippen LogP contribution in [0, 0.1) is 27.7 Å². The molecule has 0 bridgehead atoms. The fourth-order valence-electron chi connectivity index (χ4n) is 5.99. The monoisotopic (exact) mass is 467 g/mol. The molecule has 36 heavy (non-hydrogen) atoms. The van der Waals surface area contributed by atoms with E-state index in [1.807, 2.05) is 0 Å². The van der Waals surface area contributed by atoms with Crippen LogP contribution in [0.1, 0.15) is 33.4 Å². The van der Waals surface area contributed by atoms with Crippen molar-refractivity contribution in [1.29, 1.82) is 0 Å². The van der Waals surface area contributed by atoms with Crippen LogP contribution in [0.15, 0.2) is 73.1 Å². The molecule has 0 unspecified atom stereocenters. The molecule has 0 saturated carbocycles. The summed E-state index contributed by atoms with van der Waals surface area (Å²) in [6.45, 7) is 8.83. The fraction of sp³-hybridized carbons (Fsp3) is 0.152. The number of H-pyrrole nitrogens is 2. The van der Waals surface area contributed by atoms with Crippen LogP contribution in [0.2, 0.25) is 0 Å². The van der Waals surface area contributed by atoms with E-state index in [1.54, 1.807) is 0 Å². The number of benzene rings is 4. The first kappa shape index (κ1) is 21.1. The van der Waals surface area contributed by atoms with Crippen molar-refractivity contribution >= 4 is 33.2 Å². The summed E-state index contributed by atoms with van der Waals surface area (Å²) in [5.74, 6) is 0. The Hall–Kier alpha value is -4.24. The molecule has 0 aliphatic carbocycles. The van der Waals surface area contributed by atoms with E-state index in [9.17, 15) is 0 Å². The molecule has 4 aromatic carbocycles. The molecule has 3 N–H and O–H groups in total. The summed E-state index contributed by atoms with van der Waals surface area (Å²) in [6, 6.07) is 22.7. The lowest BCUT2D eigenvalue weighted by atomic mass is 9.87. The zero-order valence-corrected chi connectivity index (χ0v) is 21.1. The molecular formula is C33H29N3. The third-order valence-electron chi connectivity index (χ3n) is 8.13. The van der Waals surface area contributed by atoms with Crippen molar-refractivity contribution in [3.8, 4) is 22.3 Å². The molecular weight excluding hydrogens is 438 g/mol. The van der Waals surface area contributed by atoms with Gasteiger partial charge in [-0.3, -0.25) is 0 Å². The van der Waals surface area contributed by atoms with Crippen LogP contribution in [-0.4, -0.2) is 9.97 Å². The highest BCUT2D eigenvalue weighted by molar-refractivity contribution is 5.92. The van der Waals surface area contributed by atoms with Crippen LogP contribution < -0.4 is 5.32 Å². The summed E-state index contributed by atoms with van der Waals surface area (Å²) in [5, 5.41) is 6.45. The molecule has 0 fully saturated rings. The molecule has 3 heteroatoms. The van der Waals surface area contributed by atoms with Crippen LogP contribution in [-0.2, 0) is 6.42 Å². The minimum atomic E-state index is 0.950. The fourth-order valence-corrected chi connectivity index (χ4v) is 5.99. The summed E-state index contributed by atoms with van der Waals surface area (Å²) in [7, 11) is 0. The zero-order valence-electron chi connectivity index (χ0n) is 21.1. The maximum absolute atomic E-state index is 3.87. The first-order valence-corrected chi connectivity index (χ1v) is 12.7. The van der Waals surface area contributed by atoms with Crippen LogP contribution in [0.3, 0.4) is 0 Å². The Bertz CT molecular complexity index is 1700. The summed E-state index contributed by atoms with van der Waals surface area (Å²) in [5.41, 5.74) is 17.9. The zero-order chi connectivity index (χ0) is 24.6. The van der Waals surface area contributed by atoms with E-state index < -0.39 is 0 Å². The second kappa shape index (κ2) is 7.63. The van der Waals surface area contributed by atoms with Gasteiger partial charge in [-0.1, -0.05) is 36.4 Å². The average molecular weight is 468 g/mol. The molecule has 7 rings (SSSR count). The van der Waals surface area contributed by atoms with E-state index in [1.165, 1.54) is 88.8 Å². The largest absolute Gasteiger partial charge is 0.361 e. The van der Waals surface area contributed by atoms with Crippen molar-refractivity contribution in [2.24, 2.45) is 0 Å². The van der Waals surface area contributed by atoms with Gasteiger partial charge in [0.2, 0.25) is 0 Å². The second-order valence-corrected chi connectivity index (χ2v) is 10.3. The highest BCUT2D eigenvalue weighted by Crippen LogP contribution is 2.43. The molecule has 176 valence electrons. The Labute approximate surface area is 211 Å². The van der Waals surface area contributed by atoms with Gasteiger partial charge in [0.25, 0.3) is 0 Å². The SMILES string of the molecule is Cc1c(-c2ccc3[nH]cc(C)c3c2)ccc2c1Nc1c(ccc(-c3ccc4[nH]cc(C)c4c3)c1C)C2. The Balaban J connectivity index is 1.32. The van der Waals surface area contributed by atoms with E-state index in [0.29, 0.717) is 0 Å². The summed E-state index contributed by atoms with van der Waals surface area (Å²) in [6.07, 6.45) is 5.12. The maximum Gasteiger partial charge on any atom is 0.0457 e. The average Bonchev–Trinajstić information content (AvgIpc) is 3.45. The molecule has 0 spiro atoms. The van der Waals surface area contributed by atoms with Gasteiger partial charge in [-0.2, -0.15) is 0 Å². The van der Waals surface area contributed by atoms with Gasteiger partial charge in [0.15, 0.2) is 0 Å². The van der Waals surface area contributed by atoms with E-state index in [4.69, 9.17) is 0 Å². The number of rotatable bonds is 2. The van der Waals surface area contributed by atoms with Crippen molar-refractivity contribution in [2.45, 2.75) is 34.1 Å². The summed E-state index contributed by atoms with van der Waals surface area (Å²) in [4.78, 5) is 6.73. The number of aromatic nitrogens is 2. The third-order valence-corrected chi connectivity index (χ3v) is 8.13. The molecule has 1 aliphatic rings. The van der Waals surface area contributed by atoms with Crippen molar-refractivity contribution in [3.05, 3.63) is 106 Å². The lowest BCUT2D eigenvalue weighted by Crippen LogP contribution is -2.11. The van der Waals surface area contributed by atoms with E-state index in [0.717, 1.165) is 6.42 Å². The maximum atomic E-state index is 3.87. The molecule has 1 aliphatic heterocycles. The molecule has 0 radical (unpaired) electrons. The predicted molar refractivity (Wildman–Crippen MR) is 153 cm³/mol. The second-order valence-electron chi connectivity index (χ2n) is 10.3. The van der Waals surface area contributed by atoms with Crippen molar-refractivity contribution < 1.29 is 0 Å². The molecule has 6 aromatic rings. The first-order valence-electron chi connectivity index (χ1n) is 12.7. The van der Waals surface area contributed by atoms with Crippen LogP contribution >= 0.6 is 0 Å². The van der Waals surface area contributed by atoms with E-state index in [-0.39, 0.29) is 0 Å². The summed E-state index contributed by atoms with van der Waals surface area (Å²) >= 11 is 0. The Morgan fingerprint density at radius 3 is 1.50 bits per heavy atom. The Kier molecular flexibility index (Phi) is 4.47. The molecule has 0 saturated heterocycles. The Morgan fingerprint density at radius 1 is 0.556 bits per heavy atom. The molecule has 3 nitrogen and oxygen atoms in total. The molecule has 2 aromatic heterocycles. The number of fused-ring (bicyclic) bond motifs is 4. The standard InChI is InChI=1S/C33H29N3/c1-18-16-34-30-11-7-22(14-28(18)30)26-9-5-24-13-25-6-10-27(21(4)33(25)36-32(24)20(26)3)23-8-12-31-29(15-23)19(2)17-35-31/h5-12,14-17,34-36H,13H2,1-4H3. The number of nitrogens with one attached hydrogen (secondary N) is 3. The Morgan fingerprint density at radius 2 is 1.03 bits per heavy atom. The van der Waals surface area contributed by atoms with Gasteiger partial charge >= 0.3 is 0 Å². The van der Waals surface area contributed by atoms with Crippen molar-refractivity contribution in [2.75, 3.05) is 5.32 Å². The van der Waals surface area contributed by atoms with E-state index in [2.05, 4.69) is 116 Å². The highest BCUT2D eigenvalue weighted by Gasteiger charge is 2.22.